The van der Waals surface area contributed by atoms with Crippen molar-refractivity contribution in [3.63, 3.8) is 0 Å². The molecular formula is C29H31N9O3. The smallest absolute Gasteiger partial charge is 0.254 e. The zero-order valence-electron chi connectivity index (χ0n) is 23.1. The maximum Gasteiger partial charge on any atom is 0.254 e. The Morgan fingerprint density at radius 3 is 2.39 bits per heavy atom. The number of aryl methyl sites for hydroxylation is 2. The van der Waals surface area contributed by atoms with Crippen molar-refractivity contribution in [2.24, 2.45) is 19.8 Å². The summed E-state index contributed by atoms with van der Waals surface area (Å²) in [7, 11) is 3.67. The van der Waals surface area contributed by atoms with Crippen LogP contribution in [0.2, 0.25) is 0 Å². The first-order valence-electron chi connectivity index (χ1n) is 13.5. The Morgan fingerprint density at radius 2 is 1.71 bits per heavy atom. The molecule has 4 heterocycles. The van der Waals surface area contributed by atoms with Crippen LogP contribution in [0.25, 0.3) is 27.8 Å². The number of fused-ring (bicyclic) bond motifs is 1. The first kappa shape index (κ1) is 26.2. The van der Waals surface area contributed by atoms with E-state index in [9.17, 15) is 9.59 Å². The van der Waals surface area contributed by atoms with Crippen LogP contribution in [0.4, 0.5) is 0 Å². The maximum absolute atomic E-state index is 13.2. The Morgan fingerprint density at radius 1 is 0.951 bits per heavy atom. The SMILES string of the molecule is Cc1c(C(=O)N[C@H]2CC[C@H](Oc3nc4c(cnn4C)cc3C(N)=O)CC2)cnn1-c1ccc(-c2cnn(C)c2)cc1. The highest BCUT2D eigenvalue weighted by Crippen LogP contribution is 2.28. The van der Waals surface area contributed by atoms with Gasteiger partial charge in [-0.3, -0.25) is 19.0 Å². The summed E-state index contributed by atoms with van der Waals surface area (Å²) in [5.41, 5.74) is 10.7. The highest BCUT2D eigenvalue weighted by atomic mass is 16.5. The molecule has 12 heteroatoms. The number of carbonyl (C=O) groups excluding carboxylic acids is 2. The summed E-state index contributed by atoms with van der Waals surface area (Å²) in [5.74, 6) is -0.526. The van der Waals surface area contributed by atoms with Gasteiger partial charge in [0.2, 0.25) is 5.88 Å². The number of ether oxygens (including phenoxy) is 1. The molecule has 0 unspecified atom stereocenters. The van der Waals surface area contributed by atoms with Gasteiger partial charge < -0.3 is 15.8 Å². The van der Waals surface area contributed by atoms with E-state index >= 15 is 0 Å². The van der Waals surface area contributed by atoms with Crippen LogP contribution in [0.15, 0.2) is 55.1 Å². The molecule has 41 heavy (non-hydrogen) atoms. The van der Waals surface area contributed by atoms with Gasteiger partial charge in [0.1, 0.15) is 11.7 Å². The third kappa shape index (κ3) is 5.15. The number of benzene rings is 1. The van der Waals surface area contributed by atoms with Crippen molar-refractivity contribution in [1.29, 1.82) is 0 Å². The van der Waals surface area contributed by atoms with Gasteiger partial charge in [0.05, 0.1) is 35.5 Å². The van der Waals surface area contributed by atoms with Crippen LogP contribution in [0.5, 0.6) is 5.88 Å². The molecule has 3 N–H and O–H groups in total. The number of amides is 2. The van der Waals surface area contributed by atoms with Gasteiger partial charge in [0.25, 0.3) is 11.8 Å². The molecule has 0 spiro atoms. The van der Waals surface area contributed by atoms with Crippen molar-refractivity contribution in [3.05, 3.63) is 71.9 Å². The standard InChI is InChI=1S/C29H31N9O3/c1-17-25(15-33-38(17)22-8-4-18(5-9-22)20-14-31-36(2)16-20)28(40)34-21-6-10-23(11-7-21)41-29-24(26(30)39)12-19-13-32-37(3)27(19)35-29/h4-5,8-9,12-16,21,23H,6-7,10-11H2,1-3H3,(H2,30,39)(H,34,40)/t21-,23-. The Balaban J connectivity index is 1.08. The van der Waals surface area contributed by atoms with E-state index in [0.29, 0.717) is 24.1 Å². The lowest BCUT2D eigenvalue weighted by Gasteiger charge is -2.29. The summed E-state index contributed by atoms with van der Waals surface area (Å²) < 4.78 is 11.3. The van der Waals surface area contributed by atoms with Crippen molar-refractivity contribution >= 4 is 22.8 Å². The summed E-state index contributed by atoms with van der Waals surface area (Å²) in [4.78, 5) is 29.7. The minimum atomic E-state index is -0.598. The van der Waals surface area contributed by atoms with Crippen molar-refractivity contribution in [2.75, 3.05) is 0 Å². The van der Waals surface area contributed by atoms with Gasteiger partial charge in [0, 0.05) is 37.3 Å². The van der Waals surface area contributed by atoms with E-state index in [1.807, 2.05) is 50.6 Å². The summed E-state index contributed by atoms with van der Waals surface area (Å²) >= 11 is 0. The van der Waals surface area contributed by atoms with Crippen LogP contribution in [-0.4, -0.2) is 58.3 Å². The molecular weight excluding hydrogens is 522 g/mol. The normalized spacial score (nSPS) is 17.0. The third-order valence-corrected chi connectivity index (χ3v) is 7.63. The van der Waals surface area contributed by atoms with Crippen LogP contribution in [0, 0.1) is 6.92 Å². The summed E-state index contributed by atoms with van der Waals surface area (Å²) in [6, 6.07) is 9.67. The van der Waals surface area contributed by atoms with E-state index in [-0.39, 0.29) is 29.5 Å². The molecule has 4 aromatic heterocycles. The van der Waals surface area contributed by atoms with Crippen molar-refractivity contribution in [2.45, 2.75) is 44.8 Å². The molecule has 1 fully saturated rings. The zero-order chi connectivity index (χ0) is 28.7. The number of aromatic nitrogens is 7. The van der Waals surface area contributed by atoms with Gasteiger partial charge >= 0.3 is 0 Å². The first-order valence-corrected chi connectivity index (χ1v) is 13.5. The lowest BCUT2D eigenvalue weighted by Crippen LogP contribution is -2.40. The van der Waals surface area contributed by atoms with E-state index < -0.39 is 5.91 Å². The summed E-state index contributed by atoms with van der Waals surface area (Å²) in [6.07, 6.45) is 9.78. The molecule has 6 rings (SSSR count). The average molecular weight is 554 g/mol. The number of hydrogen-bond acceptors (Lipinski definition) is 7. The van der Waals surface area contributed by atoms with Gasteiger partial charge in [-0.15, -0.1) is 0 Å². The van der Waals surface area contributed by atoms with Gasteiger partial charge in [-0.1, -0.05) is 12.1 Å². The van der Waals surface area contributed by atoms with E-state index in [1.165, 1.54) is 0 Å². The molecule has 0 saturated heterocycles. The van der Waals surface area contributed by atoms with Crippen LogP contribution in [0.3, 0.4) is 0 Å². The molecule has 0 bridgehead atoms. The molecule has 1 aromatic carbocycles. The lowest BCUT2D eigenvalue weighted by molar-refractivity contribution is 0.0881. The number of nitrogens with one attached hydrogen (secondary N) is 1. The van der Waals surface area contributed by atoms with Crippen molar-refractivity contribution < 1.29 is 14.3 Å². The number of hydrogen-bond donors (Lipinski definition) is 2. The van der Waals surface area contributed by atoms with E-state index in [1.54, 1.807) is 39.6 Å². The van der Waals surface area contributed by atoms with Crippen LogP contribution in [0.1, 0.15) is 52.1 Å². The Hall–Kier alpha value is -5.00. The number of pyridine rings is 1. The van der Waals surface area contributed by atoms with E-state index in [4.69, 9.17) is 10.5 Å². The summed E-state index contributed by atoms with van der Waals surface area (Å²) in [5, 5.41) is 16.8. The van der Waals surface area contributed by atoms with E-state index in [2.05, 4.69) is 25.6 Å². The largest absolute Gasteiger partial charge is 0.474 e. The number of carbonyl (C=O) groups is 2. The Bertz CT molecular complexity index is 1740. The Labute approximate surface area is 236 Å². The minimum Gasteiger partial charge on any atom is -0.474 e. The molecule has 0 aliphatic heterocycles. The first-order chi connectivity index (χ1) is 19.8. The molecule has 1 aliphatic carbocycles. The van der Waals surface area contributed by atoms with Gasteiger partial charge in [0.15, 0.2) is 5.65 Å². The fourth-order valence-electron chi connectivity index (χ4n) is 5.33. The minimum absolute atomic E-state index is 0.00647. The molecule has 210 valence electrons. The van der Waals surface area contributed by atoms with Crippen LogP contribution >= 0.6 is 0 Å². The molecule has 5 aromatic rings. The predicted octanol–water partition coefficient (Wildman–Crippen LogP) is 3.08. The number of rotatable bonds is 7. The quantitative estimate of drug-likeness (QED) is 0.315. The molecule has 2 amide bonds. The number of nitrogens with two attached hydrogens (primary N) is 1. The van der Waals surface area contributed by atoms with Gasteiger partial charge in [-0.05, 0) is 56.4 Å². The number of primary amides is 1. The van der Waals surface area contributed by atoms with E-state index in [0.717, 1.165) is 40.7 Å². The topological polar surface area (TPSA) is 148 Å². The average Bonchev–Trinajstić information content (AvgIpc) is 3.68. The summed E-state index contributed by atoms with van der Waals surface area (Å²) in [6.45, 7) is 1.89. The molecule has 0 radical (unpaired) electrons. The highest BCUT2D eigenvalue weighted by Gasteiger charge is 2.27. The van der Waals surface area contributed by atoms with Gasteiger partial charge in [-0.2, -0.15) is 20.3 Å². The third-order valence-electron chi connectivity index (χ3n) is 7.63. The van der Waals surface area contributed by atoms with Crippen LogP contribution < -0.4 is 15.8 Å². The highest BCUT2D eigenvalue weighted by molar-refractivity contribution is 5.98. The fraction of sp³-hybridized carbons (Fsp3) is 0.310. The molecule has 1 aliphatic rings. The predicted molar refractivity (Wildman–Crippen MR) is 152 cm³/mol. The van der Waals surface area contributed by atoms with Crippen molar-refractivity contribution in [3.8, 4) is 22.7 Å². The second kappa shape index (κ2) is 10.5. The lowest BCUT2D eigenvalue weighted by atomic mass is 9.92. The number of nitrogens with zero attached hydrogens (tertiary/aromatic N) is 7. The molecule has 12 nitrogen and oxygen atoms in total. The molecule has 0 atom stereocenters. The Kier molecular flexibility index (Phi) is 6.73. The monoisotopic (exact) mass is 553 g/mol. The fourth-order valence-corrected chi connectivity index (χ4v) is 5.33. The molecule has 1 saturated carbocycles. The second-order valence-electron chi connectivity index (χ2n) is 10.5. The van der Waals surface area contributed by atoms with Crippen molar-refractivity contribution in [1.82, 2.24) is 39.6 Å². The maximum atomic E-state index is 13.2. The zero-order valence-corrected chi connectivity index (χ0v) is 23.1. The van der Waals surface area contributed by atoms with Gasteiger partial charge in [-0.25, -0.2) is 4.68 Å². The second-order valence-corrected chi connectivity index (χ2v) is 10.5. The van der Waals surface area contributed by atoms with Crippen LogP contribution in [-0.2, 0) is 14.1 Å².